The van der Waals surface area contributed by atoms with Crippen LogP contribution in [0.3, 0.4) is 0 Å². The van der Waals surface area contributed by atoms with E-state index >= 15 is 0 Å². The number of allylic oxidation sites excluding steroid dienone is 1. The number of hydrogen-bond acceptors (Lipinski definition) is 2. The van der Waals surface area contributed by atoms with Gasteiger partial charge in [0.25, 0.3) is 0 Å². The minimum Gasteiger partial charge on any atom is -0.479 e. The molecule has 1 aromatic rings. The quantitative estimate of drug-likeness (QED) is 0.820. The summed E-state index contributed by atoms with van der Waals surface area (Å²) in [5.41, 5.74) is -0.536. The second-order valence-corrected chi connectivity index (χ2v) is 5.12. The van der Waals surface area contributed by atoms with Crippen molar-refractivity contribution in [1.82, 2.24) is 5.32 Å². The summed E-state index contributed by atoms with van der Waals surface area (Å²) in [4.78, 5) is 23.6. The Balaban J connectivity index is 3.10. The smallest absolute Gasteiger partial charge is 0.333 e. The number of nitrogens with one attached hydrogen (secondary N) is 1. The van der Waals surface area contributed by atoms with Crippen LogP contribution in [0.2, 0.25) is 5.02 Å². The first kappa shape index (κ1) is 16.2. The Hall–Kier alpha value is -1.81. The Kier molecular flexibility index (Phi) is 5.34. The number of carbonyl (C=O) groups is 2. The summed E-state index contributed by atoms with van der Waals surface area (Å²) >= 11 is 5.79. The zero-order valence-corrected chi connectivity index (χ0v) is 12.5. The fraction of sp³-hybridized carbons (Fsp3) is 0.333. The van der Waals surface area contributed by atoms with Gasteiger partial charge in [-0.15, -0.1) is 0 Å². The number of benzene rings is 1. The van der Waals surface area contributed by atoms with Gasteiger partial charge in [-0.1, -0.05) is 36.7 Å². The molecule has 108 valence electrons. The van der Waals surface area contributed by atoms with E-state index in [1.165, 1.54) is 6.92 Å². The highest BCUT2D eigenvalue weighted by Gasteiger charge is 2.37. The van der Waals surface area contributed by atoms with Crippen molar-refractivity contribution < 1.29 is 14.7 Å². The lowest BCUT2D eigenvalue weighted by molar-refractivity contribution is -0.146. The summed E-state index contributed by atoms with van der Waals surface area (Å²) in [6.07, 6.45) is 2.46. The summed E-state index contributed by atoms with van der Waals surface area (Å²) in [5, 5.41) is 12.5. The van der Waals surface area contributed by atoms with E-state index in [2.05, 4.69) is 5.32 Å². The molecule has 0 aromatic heterocycles. The number of amides is 1. The highest BCUT2D eigenvalue weighted by molar-refractivity contribution is 6.30. The lowest BCUT2D eigenvalue weighted by atomic mass is 9.91. The van der Waals surface area contributed by atoms with Gasteiger partial charge in [0.2, 0.25) is 5.91 Å². The molecule has 1 atom stereocenters. The number of hydrogen-bond donors (Lipinski definition) is 2. The van der Waals surface area contributed by atoms with E-state index < -0.39 is 17.4 Å². The van der Waals surface area contributed by atoms with Gasteiger partial charge in [0.05, 0.1) is 0 Å². The molecule has 0 radical (unpaired) electrons. The number of aliphatic carboxylic acids is 1. The molecule has 5 heteroatoms. The fourth-order valence-electron chi connectivity index (χ4n) is 1.76. The van der Waals surface area contributed by atoms with Crippen LogP contribution in [0.4, 0.5) is 0 Å². The minimum atomic E-state index is -1.50. The van der Waals surface area contributed by atoms with Crippen LogP contribution in [0, 0.1) is 0 Å². The Morgan fingerprint density at radius 2 is 1.90 bits per heavy atom. The third kappa shape index (κ3) is 3.61. The van der Waals surface area contributed by atoms with Gasteiger partial charge in [-0.3, -0.25) is 4.79 Å². The van der Waals surface area contributed by atoms with E-state index in [4.69, 9.17) is 11.6 Å². The van der Waals surface area contributed by atoms with Crippen LogP contribution >= 0.6 is 11.6 Å². The first-order chi connectivity index (χ1) is 9.31. The van der Waals surface area contributed by atoms with Crippen LogP contribution in [-0.4, -0.2) is 17.0 Å². The molecule has 0 bridgehead atoms. The summed E-state index contributed by atoms with van der Waals surface area (Å²) in [6.45, 7) is 5.02. The van der Waals surface area contributed by atoms with Gasteiger partial charge < -0.3 is 10.4 Å². The molecular weight excluding hydrogens is 278 g/mol. The van der Waals surface area contributed by atoms with Crippen LogP contribution in [0.5, 0.6) is 0 Å². The van der Waals surface area contributed by atoms with Crippen molar-refractivity contribution in [2.45, 2.75) is 32.7 Å². The minimum absolute atomic E-state index is 0.397. The highest BCUT2D eigenvalue weighted by Crippen LogP contribution is 2.23. The van der Waals surface area contributed by atoms with Crippen molar-refractivity contribution in [1.29, 1.82) is 0 Å². The average Bonchev–Trinajstić information content (AvgIpc) is 2.39. The molecule has 0 fully saturated rings. The molecular formula is C15H18ClNO3. The number of rotatable bonds is 5. The summed E-state index contributed by atoms with van der Waals surface area (Å²) in [6, 6.07) is 6.38. The largest absolute Gasteiger partial charge is 0.479 e. The molecule has 0 aliphatic rings. The van der Waals surface area contributed by atoms with Crippen molar-refractivity contribution in [2.24, 2.45) is 0 Å². The van der Waals surface area contributed by atoms with E-state index in [-0.39, 0.29) is 0 Å². The van der Waals surface area contributed by atoms with Gasteiger partial charge in [0.1, 0.15) is 0 Å². The molecule has 0 saturated carbocycles. The van der Waals surface area contributed by atoms with Gasteiger partial charge in [0, 0.05) is 10.6 Å². The van der Waals surface area contributed by atoms with Crippen molar-refractivity contribution in [3.63, 3.8) is 0 Å². The molecule has 1 rings (SSSR count). The van der Waals surface area contributed by atoms with Crippen LogP contribution in [-0.2, 0) is 15.1 Å². The van der Waals surface area contributed by atoms with Gasteiger partial charge in [-0.25, -0.2) is 4.79 Å². The zero-order valence-electron chi connectivity index (χ0n) is 11.7. The summed E-state index contributed by atoms with van der Waals surface area (Å²) < 4.78 is 0. The lowest BCUT2D eigenvalue weighted by Crippen LogP contribution is -2.49. The summed E-state index contributed by atoms with van der Waals surface area (Å²) in [5.74, 6) is -1.52. The molecule has 2 N–H and O–H groups in total. The third-order valence-corrected chi connectivity index (χ3v) is 3.33. The maximum atomic E-state index is 12.0. The van der Waals surface area contributed by atoms with Crippen molar-refractivity contribution in [3.8, 4) is 0 Å². The molecule has 0 spiro atoms. The second-order valence-electron chi connectivity index (χ2n) is 4.69. The highest BCUT2D eigenvalue weighted by atomic mass is 35.5. The molecule has 0 aliphatic heterocycles. The average molecular weight is 296 g/mol. The van der Waals surface area contributed by atoms with E-state index in [1.54, 1.807) is 37.3 Å². The molecule has 4 nitrogen and oxygen atoms in total. The normalized spacial score (nSPS) is 14.5. The molecule has 1 amide bonds. The Morgan fingerprint density at radius 3 is 2.35 bits per heavy atom. The van der Waals surface area contributed by atoms with Gasteiger partial charge in [0.15, 0.2) is 5.54 Å². The summed E-state index contributed by atoms with van der Waals surface area (Å²) in [7, 11) is 0. The SMILES string of the molecule is CC/C=C(\C)C(=O)NC(C)(C(=O)O)c1ccc(Cl)cc1. The molecule has 20 heavy (non-hydrogen) atoms. The third-order valence-electron chi connectivity index (χ3n) is 3.08. The van der Waals surface area contributed by atoms with Crippen molar-refractivity contribution in [3.05, 3.63) is 46.5 Å². The number of carboxylic acids is 1. The fourth-order valence-corrected chi connectivity index (χ4v) is 1.88. The molecule has 0 aliphatic carbocycles. The van der Waals surface area contributed by atoms with Gasteiger partial charge in [-0.05, 0) is 38.0 Å². The van der Waals surface area contributed by atoms with Gasteiger partial charge >= 0.3 is 5.97 Å². The monoisotopic (exact) mass is 295 g/mol. The number of carbonyl (C=O) groups excluding carboxylic acids is 1. The standard InChI is InChI=1S/C15H18ClNO3/c1-4-5-10(2)13(18)17-15(3,14(19)20)11-6-8-12(16)9-7-11/h5-9H,4H2,1-3H3,(H,17,18)(H,19,20)/b10-5+. The molecule has 0 saturated heterocycles. The maximum Gasteiger partial charge on any atom is 0.333 e. The van der Waals surface area contributed by atoms with Crippen LogP contribution in [0.1, 0.15) is 32.8 Å². The lowest BCUT2D eigenvalue weighted by Gasteiger charge is -2.27. The Bertz CT molecular complexity index is 537. The van der Waals surface area contributed by atoms with E-state index in [1.807, 2.05) is 6.92 Å². The van der Waals surface area contributed by atoms with Crippen molar-refractivity contribution >= 4 is 23.5 Å². The predicted molar refractivity (Wildman–Crippen MR) is 78.6 cm³/mol. The Morgan fingerprint density at radius 1 is 1.35 bits per heavy atom. The Labute approximate surface area is 123 Å². The first-order valence-corrected chi connectivity index (χ1v) is 6.67. The van der Waals surface area contributed by atoms with E-state index in [0.29, 0.717) is 22.6 Å². The predicted octanol–water partition coefficient (Wildman–Crippen LogP) is 3.11. The van der Waals surface area contributed by atoms with Gasteiger partial charge in [-0.2, -0.15) is 0 Å². The second kappa shape index (κ2) is 6.57. The molecule has 1 aromatic carbocycles. The number of halogens is 1. The van der Waals surface area contributed by atoms with E-state index in [0.717, 1.165) is 0 Å². The van der Waals surface area contributed by atoms with Crippen LogP contribution in [0.15, 0.2) is 35.9 Å². The first-order valence-electron chi connectivity index (χ1n) is 6.30. The molecule has 1 unspecified atom stereocenters. The number of carboxylic acid groups (broad SMARTS) is 1. The van der Waals surface area contributed by atoms with Crippen LogP contribution < -0.4 is 5.32 Å². The van der Waals surface area contributed by atoms with E-state index in [9.17, 15) is 14.7 Å². The van der Waals surface area contributed by atoms with Crippen LogP contribution in [0.25, 0.3) is 0 Å². The molecule has 0 heterocycles. The maximum absolute atomic E-state index is 12.0. The zero-order chi connectivity index (χ0) is 15.3. The van der Waals surface area contributed by atoms with Crippen molar-refractivity contribution in [2.75, 3.05) is 0 Å². The topological polar surface area (TPSA) is 66.4 Å².